The van der Waals surface area contributed by atoms with Crippen molar-refractivity contribution in [3.05, 3.63) is 108 Å². The molecule has 0 spiro atoms. The third-order valence-electron chi connectivity index (χ3n) is 12.3. The predicted molar refractivity (Wildman–Crippen MR) is 265 cm³/mol. The fourth-order valence-electron chi connectivity index (χ4n) is 7.74. The molecule has 19 nitrogen and oxygen atoms in total. The van der Waals surface area contributed by atoms with Gasteiger partial charge in [-0.15, -0.1) is 0 Å². The molecule has 3 rings (SSSR count). The van der Waals surface area contributed by atoms with Gasteiger partial charge in [0.05, 0.1) is 24.0 Å². The fourth-order valence-corrected chi connectivity index (χ4v) is 7.74. The number of likely N-dealkylation sites (N-methyl/N-ethyl adjacent to an activating group) is 1. The van der Waals surface area contributed by atoms with Crippen molar-refractivity contribution in [2.75, 3.05) is 14.2 Å². The number of aliphatic carboxylic acids is 2. The van der Waals surface area contributed by atoms with E-state index in [-0.39, 0.29) is 30.8 Å². The molecule has 0 aromatic heterocycles. The average molecular weight is 986 g/mol. The number of carboxylic acids is 2. The molecule has 1 aliphatic heterocycles. The number of carboxylic acid groups (broad SMARTS) is 2. The summed E-state index contributed by atoms with van der Waals surface area (Å²) in [5.41, 5.74) is 2.01. The molecule has 71 heavy (non-hydrogen) atoms. The van der Waals surface area contributed by atoms with Gasteiger partial charge in [-0.3, -0.25) is 33.6 Å². The number of methoxy groups -OCH3 is 1. The van der Waals surface area contributed by atoms with Crippen LogP contribution in [0.5, 0.6) is 0 Å². The molecule has 2 aromatic carbocycles. The van der Waals surface area contributed by atoms with E-state index >= 15 is 0 Å². The molecule has 1 saturated heterocycles. The van der Waals surface area contributed by atoms with Gasteiger partial charge in [0, 0.05) is 32.9 Å². The third-order valence-corrected chi connectivity index (χ3v) is 12.3. The maximum absolute atomic E-state index is 14.5. The average Bonchev–Trinajstić information content (AvgIpc) is 3.32. The molecular weight excluding hydrogens is 915 g/mol. The molecule has 7 amide bonds. The minimum atomic E-state index is -1.86. The minimum Gasteiger partial charge on any atom is -0.480 e. The first kappa shape index (κ1) is 58.2. The Bertz CT molecular complexity index is 2290. The Kier molecular flexibility index (Phi) is 22.8. The second-order valence-corrected chi connectivity index (χ2v) is 18.5. The van der Waals surface area contributed by atoms with Gasteiger partial charge in [0.1, 0.15) is 35.9 Å². The predicted octanol–water partition coefficient (Wildman–Crippen LogP) is 2.81. The molecule has 19 heteroatoms. The van der Waals surface area contributed by atoms with Crippen LogP contribution in [0.1, 0.15) is 78.9 Å². The molecule has 386 valence electrons. The first-order valence-electron chi connectivity index (χ1n) is 23.6. The van der Waals surface area contributed by atoms with Crippen molar-refractivity contribution in [2.24, 2.45) is 23.7 Å². The van der Waals surface area contributed by atoms with Gasteiger partial charge < -0.3 is 51.8 Å². The zero-order valence-corrected chi connectivity index (χ0v) is 42.0. The lowest BCUT2D eigenvalue weighted by atomic mass is 9.94. The van der Waals surface area contributed by atoms with Crippen molar-refractivity contribution in [2.45, 2.75) is 123 Å². The Morgan fingerprint density at radius 3 is 1.87 bits per heavy atom. The highest BCUT2D eigenvalue weighted by Crippen LogP contribution is 2.19. The number of rotatable bonds is 13. The summed E-state index contributed by atoms with van der Waals surface area (Å²) in [6.07, 6.45) is 4.66. The number of ether oxygens (including phenoxy) is 1. The number of carbonyl (C=O) groups is 9. The standard InChI is InChI=1S/C52H71N7O12/c1-29(2)25-40-50(66)58-44(52(69)70)33(6)46(62)56-41(27-36-17-13-11-14-18-36)49(65)54-38(22-21-30(3)26-31(4)42(71-10)28-37-19-15-12-16-20-37)32(5)45(61)55-39(51(67)68)23-24-43(60)59(9)35(8)48(64)53-34(7)47(63)57-40/h11-22,26,29,31-34,38-42,44H,8,23-25,27-28H2,1-7,9-10H3,(H,53,64)(H,54,65)(H,55,61)(H,56,62)(H,57,63)(H,58,66)(H,67,68)(H,69,70). The molecule has 10 unspecified atom stereocenters. The summed E-state index contributed by atoms with van der Waals surface area (Å²) < 4.78 is 5.83. The molecule has 0 bridgehead atoms. The molecule has 1 fully saturated rings. The van der Waals surface area contributed by atoms with E-state index < -0.39 is 120 Å². The molecule has 0 saturated carbocycles. The first-order chi connectivity index (χ1) is 33.4. The smallest absolute Gasteiger partial charge is 0.327 e. The summed E-state index contributed by atoms with van der Waals surface area (Å²) in [6.45, 7) is 15.0. The topological polar surface area (TPSA) is 279 Å². The van der Waals surface area contributed by atoms with Crippen LogP contribution in [0.15, 0.2) is 96.7 Å². The Labute approximate surface area is 415 Å². The Hall–Kier alpha value is -7.15. The van der Waals surface area contributed by atoms with Crippen LogP contribution in [-0.4, -0.2) is 125 Å². The molecular formula is C52H71N7O12. The van der Waals surface area contributed by atoms with E-state index in [1.165, 1.54) is 27.8 Å². The van der Waals surface area contributed by atoms with E-state index in [1.54, 1.807) is 63.4 Å². The van der Waals surface area contributed by atoms with E-state index in [2.05, 4.69) is 38.5 Å². The van der Waals surface area contributed by atoms with Gasteiger partial charge in [-0.1, -0.05) is 126 Å². The number of hydrogen-bond donors (Lipinski definition) is 8. The molecule has 1 heterocycles. The van der Waals surface area contributed by atoms with Crippen molar-refractivity contribution < 1.29 is 58.1 Å². The van der Waals surface area contributed by atoms with Gasteiger partial charge in [-0.05, 0) is 50.2 Å². The number of nitrogens with one attached hydrogen (secondary N) is 6. The third kappa shape index (κ3) is 18.3. The van der Waals surface area contributed by atoms with E-state index in [0.717, 1.165) is 16.0 Å². The van der Waals surface area contributed by atoms with Crippen LogP contribution >= 0.6 is 0 Å². The van der Waals surface area contributed by atoms with Crippen LogP contribution in [0, 0.1) is 23.7 Å². The molecule has 2 aromatic rings. The quantitative estimate of drug-likeness (QED) is 0.106. The zero-order valence-electron chi connectivity index (χ0n) is 42.0. The number of hydrogen-bond acceptors (Lipinski definition) is 10. The fraction of sp³-hybridized carbons (Fsp3) is 0.481. The number of benzene rings is 2. The van der Waals surface area contributed by atoms with Crippen molar-refractivity contribution in [3.8, 4) is 0 Å². The molecule has 1 aliphatic rings. The largest absolute Gasteiger partial charge is 0.480 e. The van der Waals surface area contributed by atoms with Crippen LogP contribution in [0.25, 0.3) is 0 Å². The molecule has 0 radical (unpaired) electrons. The second-order valence-electron chi connectivity index (χ2n) is 18.5. The van der Waals surface area contributed by atoms with Crippen LogP contribution in [0.4, 0.5) is 0 Å². The Morgan fingerprint density at radius 2 is 1.31 bits per heavy atom. The lowest BCUT2D eigenvalue weighted by molar-refractivity contribution is -0.146. The van der Waals surface area contributed by atoms with Crippen molar-refractivity contribution in [1.82, 2.24) is 36.8 Å². The highest BCUT2D eigenvalue weighted by atomic mass is 16.5. The SMILES string of the molecule is C=C1C(=O)NC(C)C(=O)NC(CC(C)C)C(=O)NC(C(=O)O)C(C)C(=O)NC(Cc2ccccc2)C(=O)NC(C=CC(C)=CC(C)C(Cc2ccccc2)OC)C(C)C(=O)NC(C(=O)O)CCC(=O)N1C. The van der Waals surface area contributed by atoms with Gasteiger partial charge in [-0.25, -0.2) is 9.59 Å². The summed E-state index contributed by atoms with van der Waals surface area (Å²) in [6, 6.07) is 9.78. The van der Waals surface area contributed by atoms with Crippen LogP contribution in [0.2, 0.25) is 0 Å². The number of carbonyl (C=O) groups excluding carboxylic acids is 7. The maximum Gasteiger partial charge on any atom is 0.327 e. The van der Waals surface area contributed by atoms with E-state index in [4.69, 9.17) is 4.74 Å². The number of amides is 7. The highest BCUT2D eigenvalue weighted by molar-refractivity contribution is 6.00. The van der Waals surface area contributed by atoms with E-state index in [0.29, 0.717) is 12.0 Å². The van der Waals surface area contributed by atoms with Gasteiger partial charge in [-0.2, -0.15) is 0 Å². The minimum absolute atomic E-state index is 0.0213. The van der Waals surface area contributed by atoms with E-state index in [9.17, 15) is 53.4 Å². The van der Waals surface area contributed by atoms with Crippen molar-refractivity contribution in [1.29, 1.82) is 0 Å². The van der Waals surface area contributed by atoms with Crippen molar-refractivity contribution >= 4 is 53.3 Å². The summed E-state index contributed by atoms with van der Waals surface area (Å²) in [5, 5.41) is 35.8. The number of nitrogens with zero attached hydrogens (tertiary/aromatic N) is 1. The second kappa shape index (κ2) is 27.9. The molecule has 0 aliphatic carbocycles. The maximum atomic E-state index is 14.5. The van der Waals surface area contributed by atoms with E-state index in [1.807, 2.05) is 50.3 Å². The Morgan fingerprint density at radius 1 is 0.746 bits per heavy atom. The van der Waals surface area contributed by atoms with Gasteiger partial charge >= 0.3 is 11.9 Å². The van der Waals surface area contributed by atoms with Gasteiger partial charge in [0.25, 0.3) is 5.91 Å². The lowest BCUT2D eigenvalue weighted by Gasteiger charge is -2.29. The summed E-state index contributed by atoms with van der Waals surface area (Å²) >= 11 is 0. The lowest BCUT2D eigenvalue weighted by Crippen LogP contribution is -2.59. The number of allylic oxidation sites excluding steroid dienone is 2. The van der Waals surface area contributed by atoms with Crippen molar-refractivity contribution in [3.63, 3.8) is 0 Å². The highest BCUT2D eigenvalue weighted by Gasteiger charge is 2.37. The normalized spacial score (nSPS) is 25.4. The zero-order chi connectivity index (χ0) is 53.1. The summed E-state index contributed by atoms with van der Waals surface area (Å²) in [7, 11) is 2.85. The Balaban J connectivity index is 2.14. The summed E-state index contributed by atoms with van der Waals surface area (Å²) in [5.74, 6) is -12.1. The van der Waals surface area contributed by atoms with Crippen LogP contribution in [-0.2, 0) is 60.7 Å². The summed E-state index contributed by atoms with van der Waals surface area (Å²) in [4.78, 5) is 122. The monoisotopic (exact) mass is 986 g/mol. The van der Waals surface area contributed by atoms with Crippen LogP contribution in [0.3, 0.4) is 0 Å². The molecule has 10 atom stereocenters. The first-order valence-corrected chi connectivity index (χ1v) is 23.6. The molecule has 8 N–H and O–H groups in total. The van der Waals surface area contributed by atoms with Crippen LogP contribution < -0.4 is 31.9 Å². The van der Waals surface area contributed by atoms with Gasteiger partial charge in [0.15, 0.2) is 0 Å². The van der Waals surface area contributed by atoms with Gasteiger partial charge in [0.2, 0.25) is 35.4 Å².